The minimum Gasteiger partial charge on any atom is -0.236 e. The highest BCUT2D eigenvalue weighted by atomic mass is 32.2. The van der Waals surface area contributed by atoms with Crippen molar-refractivity contribution in [2.24, 2.45) is 0 Å². The number of sulfonamides is 1. The van der Waals surface area contributed by atoms with Crippen LogP contribution < -0.4 is 0 Å². The molecule has 0 aliphatic carbocycles. The van der Waals surface area contributed by atoms with Crippen molar-refractivity contribution in [2.45, 2.75) is 24.8 Å². The summed E-state index contributed by atoms with van der Waals surface area (Å²) in [6.07, 6.45) is 2.34. The third kappa shape index (κ3) is 3.13. The molecule has 0 bridgehead atoms. The van der Waals surface area contributed by atoms with Crippen molar-refractivity contribution in [1.29, 1.82) is 0 Å². The standard InChI is InChI=1S/C20H19N3O2S/c1-15-7-9-18(10-8-15)26(24,25)23-12-11-19-17(14-23)13-21-20(22-19)16-5-3-2-4-6-16/h2-10,13H,11-12,14H2,1H3. The average Bonchev–Trinajstić information content (AvgIpc) is 2.68. The monoisotopic (exact) mass is 365 g/mol. The van der Waals surface area contributed by atoms with Gasteiger partial charge in [0.15, 0.2) is 5.82 Å². The fourth-order valence-electron chi connectivity index (χ4n) is 3.08. The zero-order chi connectivity index (χ0) is 18.1. The maximum atomic E-state index is 12.9. The molecule has 0 spiro atoms. The van der Waals surface area contributed by atoms with E-state index < -0.39 is 10.0 Å². The Morgan fingerprint density at radius 1 is 1.00 bits per heavy atom. The van der Waals surface area contributed by atoms with Crippen molar-refractivity contribution in [3.8, 4) is 11.4 Å². The first-order chi connectivity index (χ1) is 12.5. The maximum absolute atomic E-state index is 12.9. The van der Waals surface area contributed by atoms with E-state index in [0.29, 0.717) is 30.2 Å². The number of rotatable bonds is 3. The van der Waals surface area contributed by atoms with Gasteiger partial charge in [-0.15, -0.1) is 0 Å². The average molecular weight is 365 g/mol. The molecule has 0 amide bonds. The third-order valence-electron chi connectivity index (χ3n) is 4.59. The Morgan fingerprint density at radius 3 is 2.46 bits per heavy atom. The van der Waals surface area contributed by atoms with Gasteiger partial charge in [-0.3, -0.25) is 0 Å². The SMILES string of the molecule is Cc1ccc(S(=O)(=O)N2CCc3nc(-c4ccccc4)ncc3C2)cc1. The largest absolute Gasteiger partial charge is 0.243 e. The molecule has 1 aromatic heterocycles. The number of aryl methyl sites for hydroxylation is 1. The Bertz CT molecular complexity index is 1030. The highest BCUT2D eigenvalue weighted by Gasteiger charge is 2.29. The first-order valence-electron chi connectivity index (χ1n) is 8.51. The van der Waals surface area contributed by atoms with Crippen LogP contribution in [-0.2, 0) is 23.0 Å². The molecule has 2 heterocycles. The maximum Gasteiger partial charge on any atom is 0.243 e. The summed E-state index contributed by atoms with van der Waals surface area (Å²) in [6.45, 7) is 2.67. The lowest BCUT2D eigenvalue weighted by Crippen LogP contribution is -2.36. The predicted octanol–water partition coefficient (Wildman–Crippen LogP) is 3.20. The summed E-state index contributed by atoms with van der Waals surface area (Å²) in [6, 6.07) is 16.8. The smallest absolute Gasteiger partial charge is 0.236 e. The molecule has 0 atom stereocenters. The molecule has 0 saturated carbocycles. The van der Waals surface area contributed by atoms with Crippen molar-refractivity contribution in [2.75, 3.05) is 6.54 Å². The molecule has 132 valence electrons. The molecule has 2 aromatic carbocycles. The number of aromatic nitrogens is 2. The second-order valence-electron chi connectivity index (χ2n) is 6.43. The minimum atomic E-state index is -3.51. The zero-order valence-electron chi connectivity index (χ0n) is 14.5. The highest BCUT2D eigenvalue weighted by Crippen LogP contribution is 2.25. The van der Waals surface area contributed by atoms with E-state index in [4.69, 9.17) is 0 Å². The first-order valence-corrected chi connectivity index (χ1v) is 9.95. The summed E-state index contributed by atoms with van der Waals surface area (Å²) in [4.78, 5) is 9.41. The molecule has 0 saturated heterocycles. The molecule has 1 aliphatic heterocycles. The van der Waals surface area contributed by atoms with Gasteiger partial charge in [-0.25, -0.2) is 18.4 Å². The molecule has 6 heteroatoms. The molecule has 5 nitrogen and oxygen atoms in total. The number of hydrogen-bond acceptors (Lipinski definition) is 4. The fraction of sp³-hybridized carbons (Fsp3) is 0.200. The second kappa shape index (κ2) is 6.63. The van der Waals surface area contributed by atoms with Crippen LogP contribution in [0.5, 0.6) is 0 Å². The van der Waals surface area contributed by atoms with E-state index in [1.54, 1.807) is 18.3 Å². The highest BCUT2D eigenvalue weighted by molar-refractivity contribution is 7.89. The molecule has 26 heavy (non-hydrogen) atoms. The van der Waals surface area contributed by atoms with Crippen molar-refractivity contribution >= 4 is 10.0 Å². The Labute approximate surface area is 153 Å². The fourth-order valence-corrected chi connectivity index (χ4v) is 4.50. The molecular weight excluding hydrogens is 346 g/mol. The summed E-state index contributed by atoms with van der Waals surface area (Å²) in [5.41, 5.74) is 3.79. The molecule has 0 radical (unpaired) electrons. The Morgan fingerprint density at radius 2 is 1.73 bits per heavy atom. The zero-order valence-corrected chi connectivity index (χ0v) is 15.3. The van der Waals surface area contributed by atoms with Crippen molar-refractivity contribution in [3.63, 3.8) is 0 Å². The molecule has 0 N–H and O–H groups in total. The van der Waals surface area contributed by atoms with Crippen molar-refractivity contribution < 1.29 is 8.42 Å². The van der Waals surface area contributed by atoms with Crippen LogP contribution in [-0.4, -0.2) is 29.2 Å². The summed E-state index contributed by atoms with van der Waals surface area (Å²) >= 11 is 0. The number of fused-ring (bicyclic) bond motifs is 1. The first kappa shape index (κ1) is 16.9. The van der Waals surface area contributed by atoms with E-state index in [2.05, 4.69) is 9.97 Å². The number of nitrogens with zero attached hydrogens (tertiary/aromatic N) is 3. The van der Waals surface area contributed by atoms with E-state index in [1.807, 2.05) is 49.4 Å². The van der Waals surface area contributed by atoms with E-state index >= 15 is 0 Å². The van der Waals surface area contributed by atoms with Gasteiger partial charge in [-0.2, -0.15) is 4.31 Å². The lowest BCUT2D eigenvalue weighted by atomic mass is 10.1. The van der Waals surface area contributed by atoms with Crippen LogP contribution in [0.3, 0.4) is 0 Å². The lowest BCUT2D eigenvalue weighted by Gasteiger charge is -2.27. The van der Waals surface area contributed by atoms with Crippen LogP contribution in [0.1, 0.15) is 16.8 Å². The van der Waals surface area contributed by atoms with E-state index in [0.717, 1.165) is 22.4 Å². The molecule has 1 aliphatic rings. The van der Waals surface area contributed by atoms with Crippen LogP contribution in [0.2, 0.25) is 0 Å². The number of hydrogen-bond donors (Lipinski definition) is 0. The lowest BCUT2D eigenvalue weighted by molar-refractivity contribution is 0.387. The van der Waals surface area contributed by atoms with Crippen LogP contribution in [0.15, 0.2) is 65.7 Å². The van der Waals surface area contributed by atoms with Gasteiger partial charge in [0.05, 0.1) is 10.6 Å². The van der Waals surface area contributed by atoms with Crippen LogP contribution in [0.25, 0.3) is 11.4 Å². The van der Waals surface area contributed by atoms with Crippen LogP contribution in [0, 0.1) is 6.92 Å². The molecule has 0 fully saturated rings. The Balaban J connectivity index is 1.61. The Kier molecular flexibility index (Phi) is 4.30. The van der Waals surface area contributed by atoms with E-state index in [9.17, 15) is 8.42 Å². The van der Waals surface area contributed by atoms with Gasteiger partial charge in [-0.1, -0.05) is 48.0 Å². The topological polar surface area (TPSA) is 63.2 Å². The quantitative estimate of drug-likeness (QED) is 0.715. The molecular formula is C20H19N3O2S. The van der Waals surface area contributed by atoms with Gasteiger partial charge >= 0.3 is 0 Å². The molecule has 3 aromatic rings. The summed E-state index contributed by atoms with van der Waals surface area (Å²) < 4.78 is 27.3. The number of benzene rings is 2. The molecule has 0 unspecified atom stereocenters. The van der Waals surface area contributed by atoms with Gasteiger partial charge < -0.3 is 0 Å². The summed E-state index contributed by atoms with van der Waals surface area (Å²) in [5.74, 6) is 0.680. The normalized spacial score (nSPS) is 14.8. The van der Waals surface area contributed by atoms with Gasteiger partial charge in [0.2, 0.25) is 10.0 Å². The minimum absolute atomic E-state index is 0.306. The second-order valence-corrected chi connectivity index (χ2v) is 8.37. The van der Waals surface area contributed by atoms with Gasteiger partial charge in [0.25, 0.3) is 0 Å². The summed E-state index contributed by atoms with van der Waals surface area (Å²) in [5, 5.41) is 0. The van der Waals surface area contributed by atoms with E-state index in [1.165, 1.54) is 4.31 Å². The van der Waals surface area contributed by atoms with Crippen molar-refractivity contribution in [1.82, 2.24) is 14.3 Å². The third-order valence-corrected chi connectivity index (χ3v) is 6.45. The van der Waals surface area contributed by atoms with Crippen LogP contribution >= 0.6 is 0 Å². The van der Waals surface area contributed by atoms with E-state index in [-0.39, 0.29) is 0 Å². The van der Waals surface area contributed by atoms with Crippen LogP contribution in [0.4, 0.5) is 0 Å². The Hall–Kier alpha value is -2.57. The van der Waals surface area contributed by atoms with Crippen molar-refractivity contribution in [3.05, 3.63) is 77.6 Å². The summed E-state index contributed by atoms with van der Waals surface area (Å²) in [7, 11) is -3.51. The van der Waals surface area contributed by atoms with Gasteiger partial charge in [0.1, 0.15) is 0 Å². The van der Waals surface area contributed by atoms with Gasteiger partial charge in [-0.05, 0) is 19.1 Å². The molecule has 4 rings (SSSR count). The predicted molar refractivity (Wildman–Crippen MR) is 99.9 cm³/mol. The van der Waals surface area contributed by atoms with Gasteiger partial charge in [0, 0.05) is 36.8 Å².